The first-order chi connectivity index (χ1) is 9.04. The number of nitrogens with zero attached hydrogens (tertiary/aromatic N) is 1. The number of halogens is 1. The zero-order valence-electron chi connectivity index (χ0n) is 11.1. The second-order valence-corrected chi connectivity index (χ2v) is 4.70. The van der Waals surface area contributed by atoms with E-state index in [-0.39, 0.29) is 11.9 Å². The van der Waals surface area contributed by atoms with Gasteiger partial charge in [-0.15, -0.1) is 0 Å². The van der Waals surface area contributed by atoms with Gasteiger partial charge >= 0.3 is 0 Å². The summed E-state index contributed by atoms with van der Waals surface area (Å²) in [6.07, 6.45) is 2.50. The number of hydrogen-bond acceptors (Lipinski definition) is 3. The SMILES string of the molecule is Cc1ccc(Oc2ccc(CC(C)N)cn2)cc1F. The van der Waals surface area contributed by atoms with Crippen LogP contribution in [0.25, 0.3) is 0 Å². The van der Waals surface area contributed by atoms with Crippen LogP contribution in [0.2, 0.25) is 0 Å². The zero-order chi connectivity index (χ0) is 13.8. The number of nitrogens with two attached hydrogens (primary N) is 1. The number of aromatic nitrogens is 1. The standard InChI is InChI=1S/C15H17FN2O/c1-10-3-5-13(8-14(10)16)19-15-6-4-12(9-18-15)7-11(2)17/h3-6,8-9,11H,7,17H2,1-2H3. The Bertz CT molecular complexity index is 553. The molecule has 2 N–H and O–H groups in total. The molecule has 0 saturated heterocycles. The van der Waals surface area contributed by atoms with Gasteiger partial charge in [-0.05, 0) is 37.5 Å². The lowest BCUT2D eigenvalue weighted by atomic mass is 10.1. The zero-order valence-corrected chi connectivity index (χ0v) is 11.1. The normalized spacial score (nSPS) is 12.2. The molecule has 0 aliphatic carbocycles. The molecule has 0 aliphatic heterocycles. The Balaban J connectivity index is 2.08. The fourth-order valence-corrected chi connectivity index (χ4v) is 1.72. The Hall–Kier alpha value is -1.94. The van der Waals surface area contributed by atoms with Crippen LogP contribution >= 0.6 is 0 Å². The molecule has 0 aliphatic rings. The summed E-state index contributed by atoms with van der Waals surface area (Å²) in [4.78, 5) is 4.18. The maximum atomic E-state index is 13.4. The highest BCUT2D eigenvalue weighted by atomic mass is 19.1. The Labute approximate surface area is 112 Å². The predicted molar refractivity (Wildman–Crippen MR) is 72.8 cm³/mol. The van der Waals surface area contributed by atoms with Crippen LogP contribution in [0.1, 0.15) is 18.1 Å². The number of ether oxygens (including phenoxy) is 1. The highest BCUT2D eigenvalue weighted by Crippen LogP contribution is 2.21. The summed E-state index contributed by atoms with van der Waals surface area (Å²) in [6, 6.07) is 8.52. The van der Waals surface area contributed by atoms with Gasteiger partial charge in [0.05, 0.1) is 0 Å². The van der Waals surface area contributed by atoms with Crippen molar-refractivity contribution in [1.29, 1.82) is 0 Å². The summed E-state index contributed by atoms with van der Waals surface area (Å²) >= 11 is 0. The molecule has 1 aromatic heterocycles. The minimum atomic E-state index is -0.286. The van der Waals surface area contributed by atoms with Crippen LogP contribution in [0.4, 0.5) is 4.39 Å². The molecule has 19 heavy (non-hydrogen) atoms. The quantitative estimate of drug-likeness (QED) is 0.918. The third-order valence-electron chi connectivity index (χ3n) is 2.72. The topological polar surface area (TPSA) is 48.1 Å². The number of pyridine rings is 1. The van der Waals surface area contributed by atoms with Crippen molar-refractivity contribution in [2.24, 2.45) is 5.73 Å². The Morgan fingerprint density at radius 3 is 2.68 bits per heavy atom. The number of hydrogen-bond donors (Lipinski definition) is 1. The molecule has 1 unspecified atom stereocenters. The molecule has 1 atom stereocenters. The van der Waals surface area contributed by atoms with E-state index in [0.717, 1.165) is 12.0 Å². The van der Waals surface area contributed by atoms with Crippen molar-refractivity contribution >= 4 is 0 Å². The van der Waals surface area contributed by atoms with Crippen molar-refractivity contribution in [2.75, 3.05) is 0 Å². The molecule has 0 amide bonds. The van der Waals surface area contributed by atoms with E-state index in [1.54, 1.807) is 31.3 Å². The molecular formula is C15H17FN2O. The van der Waals surface area contributed by atoms with Crippen LogP contribution in [0.5, 0.6) is 11.6 Å². The van der Waals surface area contributed by atoms with E-state index < -0.39 is 0 Å². The molecule has 2 rings (SSSR count). The number of rotatable bonds is 4. The molecule has 0 saturated carbocycles. The first-order valence-electron chi connectivity index (χ1n) is 6.19. The van der Waals surface area contributed by atoms with E-state index in [1.807, 2.05) is 13.0 Å². The average Bonchev–Trinajstić information content (AvgIpc) is 2.36. The van der Waals surface area contributed by atoms with Crippen LogP contribution in [-0.4, -0.2) is 11.0 Å². The largest absolute Gasteiger partial charge is 0.439 e. The lowest BCUT2D eigenvalue weighted by Crippen LogP contribution is -2.17. The van der Waals surface area contributed by atoms with Gasteiger partial charge in [0, 0.05) is 24.4 Å². The van der Waals surface area contributed by atoms with Crippen molar-refractivity contribution in [3.05, 3.63) is 53.5 Å². The van der Waals surface area contributed by atoms with Crippen molar-refractivity contribution in [3.8, 4) is 11.6 Å². The van der Waals surface area contributed by atoms with Crippen LogP contribution in [0.15, 0.2) is 36.5 Å². The van der Waals surface area contributed by atoms with E-state index in [4.69, 9.17) is 10.5 Å². The van der Waals surface area contributed by atoms with E-state index >= 15 is 0 Å². The van der Waals surface area contributed by atoms with Gasteiger partial charge in [-0.2, -0.15) is 0 Å². The molecule has 0 fully saturated rings. The van der Waals surface area contributed by atoms with Crippen molar-refractivity contribution in [3.63, 3.8) is 0 Å². The second kappa shape index (κ2) is 5.80. The maximum Gasteiger partial charge on any atom is 0.219 e. The van der Waals surface area contributed by atoms with Crippen LogP contribution in [0.3, 0.4) is 0 Å². The minimum Gasteiger partial charge on any atom is -0.439 e. The third-order valence-corrected chi connectivity index (χ3v) is 2.72. The van der Waals surface area contributed by atoms with Crippen molar-refractivity contribution < 1.29 is 9.13 Å². The third kappa shape index (κ3) is 3.76. The van der Waals surface area contributed by atoms with Crippen LogP contribution in [0, 0.1) is 12.7 Å². The molecule has 1 aromatic carbocycles. The summed E-state index contributed by atoms with van der Waals surface area (Å²) in [6.45, 7) is 3.65. The highest BCUT2D eigenvalue weighted by Gasteiger charge is 2.04. The van der Waals surface area contributed by atoms with Gasteiger partial charge in [0.2, 0.25) is 5.88 Å². The van der Waals surface area contributed by atoms with Gasteiger partial charge in [0.1, 0.15) is 11.6 Å². The van der Waals surface area contributed by atoms with Gasteiger partial charge in [-0.3, -0.25) is 0 Å². The predicted octanol–water partition coefficient (Wildman–Crippen LogP) is 3.21. The molecule has 0 radical (unpaired) electrons. The lowest BCUT2D eigenvalue weighted by molar-refractivity contribution is 0.457. The van der Waals surface area contributed by atoms with Crippen LogP contribution in [-0.2, 0) is 6.42 Å². The van der Waals surface area contributed by atoms with Gasteiger partial charge in [-0.25, -0.2) is 9.37 Å². The monoisotopic (exact) mass is 260 g/mol. The molecule has 3 nitrogen and oxygen atoms in total. The molecule has 0 spiro atoms. The molecule has 0 bridgehead atoms. The summed E-state index contributed by atoms with van der Waals surface area (Å²) < 4.78 is 18.9. The first kappa shape index (κ1) is 13.5. The van der Waals surface area contributed by atoms with Gasteiger partial charge in [0.15, 0.2) is 0 Å². The lowest BCUT2D eigenvalue weighted by Gasteiger charge is -2.08. The van der Waals surface area contributed by atoms with E-state index in [2.05, 4.69) is 4.98 Å². The fourth-order valence-electron chi connectivity index (χ4n) is 1.72. The van der Waals surface area contributed by atoms with Crippen LogP contribution < -0.4 is 10.5 Å². The molecule has 4 heteroatoms. The Kier molecular flexibility index (Phi) is 4.12. The molecular weight excluding hydrogens is 243 g/mol. The average molecular weight is 260 g/mol. The van der Waals surface area contributed by atoms with E-state index in [0.29, 0.717) is 17.2 Å². The van der Waals surface area contributed by atoms with Gasteiger partial charge in [-0.1, -0.05) is 12.1 Å². The summed E-state index contributed by atoms with van der Waals surface area (Å²) in [5, 5.41) is 0. The minimum absolute atomic E-state index is 0.0970. The summed E-state index contributed by atoms with van der Waals surface area (Å²) in [5.41, 5.74) is 7.36. The van der Waals surface area contributed by atoms with E-state index in [9.17, 15) is 4.39 Å². The highest BCUT2D eigenvalue weighted by molar-refractivity contribution is 5.31. The van der Waals surface area contributed by atoms with Gasteiger partial charge in [0.25, 0.3) is 0 Å². The number of aryl methyl sites for hydroxylation is 1. The maximum absolute atomic E-state index is 13.4. The van der Waals surface area contributed by atoms with E-state index in [1.165, 1.54) is 6.07 Å². The van der Waals surface area contributed by atoms with Gasteiger partial charge < -0.3 is 10.5 Å². The second-order valence-electron chi connectivity index (χ2n) is 4.70. The molecule has 100 valence electrons. The summed E-state index contributed by atoms with van der Waals surface area (Å²) in [5.74, 6) is 0.596. The van der Waals surface area contributed by atoms with Crippen molar-refractivity contribution in [2.45, 2.75) is 26.3 Å². The molecule has 2 aromatic rings. The summed E-state index contributed by atoms with van der Waals surface area (Å²) in [7, 11) is 0. The smallest absolute Gasteiger partial charge is 0.219 e. The Morgan fingerprint density at radius 1 is 1.32 bits per heavy atom. The Morgan fingerprint density at radius 2 is 2.11 bits per heavy atom. The first-order valence-corrected chi connectivity index (χ1v) is 6.19. The number of benzene rings is 1. The fraction of sp³-hybridized carbons (Fsp3) is 0.267. The molecule has 1 heterocycles. The van der Waals surface area contributed by atoms with Crippen molar-refractivity contribution in [1.82, 2.24) is 4.98 Å².